The van der Waals surface area contributed by atoms with Crippen molar-refractivity contribution in [3.63, 3.8) is 0 Å². The van der Waals surface area contributed by atoms with Crippen molar-refractivity contribution in [3.8, 4) is 0 Å². The summed E-state index contributed by atoms with van der Waals surface area (Å²) >= 11 is 12.1. The number of hydrogen-bond donors (Lipinski definition) is 1. The van der Waals surface area contributed by atoms with Crippen LogP contribution in [0.15, 0.2) is 36.5 Å². The molecule has 13 heteroatoms. The van der Waals surface area contributed by atoms with Gasteiger partial charge in [0.25, 0.3) is 18.2 Å². The summed E-state index contributed by atoms with van der Waals surface area (Å²) in [4.78, 5) is 46.2. The number of pyridine rings is 1. The second kappa shape index (κ2) is 10.2. The first-order chi connectivity index (χ1) is 18.5. The number of fused-ring (bicyclic) bond motifs is 3. The van der Waals surface area contributed by atoms with Crippen LogP contribution in [-0.4, -0.2) is 60.0 Å². The molecule has 4 heterocycles. The van der Waals surface area contributed by atoms with Gasteiger partial charge in [0.2, 0.25) is 0 Å². The van der Waals surface area contributed by atoms with Crippen LogP contribution in [0.25, 0.3) is 0 Å². The highest BCUT2D eigenvalue weighted by molar-refractivity contribution is 6.42. The fraction of sp³-hybridized carbons (Fsp3) is 0.346. The van der Waals surface area contributed by atoms with Gasteiger partial charge in [0, 0.05) is 29.8 Å². The van der Waals surface area contributed by atoms with Gasteiger partial charge in [-0.15, -0.1) is 0 Å². The largest absolute Gasteiger partial charge is 0.480 e. The van der Waals surface area contributed by atoms with E-state index in [0.29, 0.717) is 33.8 Å². The normalized spacial score (nSPS) is 19.6. The maximum atomic E-state index is 13.8. The molecule has 39 heavy (non-hydrogen) atoms. The molecular weight excluding hydrogens is 555 g/mol. The van der Waals surface area contributed by atoms with E-state index in [2.05, 4.69) is 10.1 Å². The van der Waals surface area contributed by atoms with Gasteiger partial charge in [-0.3, -0.25) is 14.6 Å². The number of carboxylic acid groups (broad SMARTS) is 1. The summed E-state index contributed by atoms with van der Waals surface area (Å²) in [6.07, 6.45) is -1.16. The summed E-state index contributed by atoms with van der Waals surface area (Å²) in [5.41, 5.74) is 1.52. The number of rotatable bonds is 5. The lowest BCUT2D eigenvalue weighted by Gasteiger charge is -2.37. The molecule has 0 saturated carbocycles. The third-order valence-corrected chi connectivity index (χ3v) is 8.00. The molecule has 204 valence electrons. The molecular formula is C26H23Cl2F2N5O4. The molecule has 1 aromatic carbocycles. The second-order valence-corrected chi connectivity index (χ2v) is 10.5. The molecule has 2 aliphatic rings. The van der Waals surface area contributed by atoms with E-state index in [1.165, 1.54) is 40.0 Å². The summed E-state index contributed by atoms with van der Waals surface area (Å²) in [5.74, 6) is -1.97. The Hall–Kier alpha value is -3.57. The molecule has 0 radical (unpaired) electrons. The zero-order valence-electron chi connectivity index (χ0n) is 20.8. The zero-order chi connectivity index (χ0) is 28.2. The molecule has 9 nitrogen and oxygen atoms in total. The standard InChI is InChI=1S/C26H23Cl2F2N5O4/c1-12-7-20-16(10-33(12)24(36)14-3-5-17(27)18(28)8-14)22-25(37)34(11-21(26(38)39)35(22)32-20)13(2)15-4-6-19(23(29)30)31-9-15/h3-6,8-9,12-13,21,23H,7,10-11H2,1-2H3,(H,38,39)/t12-,13?,21+/m1/s1. The van der Waals surface area contributed by atoms with Gasteiger partial charge in [0.1, 0.15) is 11.4 Å². The molecule has 3 aromatic rings. The highest BCUT2D eigenvalue weighted by atomic mass is 35.5. The molecule has 2 aliphatic heterocycles. The van der Waals surface area contributed by atoms with Crippen molar-refractivity contribution >= 4 is 41.0 Å². The highest BCUT2D eigenvalue weighted by Crippen LogP contribution is 2.36. The topological polar surface area (TPSA) is 109 Å². The number of aromatic nitrogens is 3. The Morgan fingerprint density at radius 1 is 1.15 bits per heavy atom. The lowest BCUT2D eigenvalue weighted by Crippen LogP contribution is -2.47. The van der Waals surface area contributed by atoms with Gasteiger partial charge in [-0.05, 0) is 43.7 Å². The van der Waals surface area contributed by atoms with Crippen LogP contribution in [0.5, 0.6) is 0 Å². The Morgan fingerprint density at radius 2 is 1.90 bits per heavy atom. The van der Waals surface area contributed by atoms with E-state index in [-0.39, 0.29) is 35.8 Å². The summed E-state index contributed by atoms with van der Waals surface area (Å²) in [6.45, 7) is 3.38. The number of benzene rings is 1. The first kappa shape index (κ1) is 27.0. The van der Waals surface area contributed by atoms with E-state index in [1.54, 1.807) is 17.9 Å². The Morgan fingerprint density at radius 3 is 2.51 bits per heavy atom. The summed E-state index contributed by atoms with van der Waals surface area (Å²) < 4.78 is 27.2. The Kier molecular flexibility index (Phi) is 7.06. The number of aliphatic carboxylic acids is 1. The van der Waals surface area contributed by atoms with E-state index >= 15 is 0 Å². The van der Waals surface area contributed by atoms with Crippen molar-refractivity contribution in [3.05, 3.63) is 80.3 Å². The average Bonchev–Trinajstić information content (AvgIpc) is 3.27. The monoisotopic (exact) mass is 577 g/mol. The lowest BCUT2D eigenvalue weighted by atomic mass is 9.96. The minimum atomic E-state index is -2.74. The Bertz CT molecular complexity index is 1480. The quantitative estimate of drug-likeness (QED) is 0.459. The fourth-order valence-corrected chi connectivity index (χ4v) is 5.35. The average molecular weight is 578 g/mol. The molecule has 0 fully saturated rings. The molecule has 3 atom stereocenters. The molecule has 1 N–H and O–H groups in total. The SMILES string of the molecule is CC(c1ccc(C(F)F)nc1)N1C[C@@H](C(=O)O)n2nc3c(c2C1=O)CN(C(=O)c1ccc(Cl)c(Cl)c1)[C@H](C)C3. The molecule has 0 saturated heterocycles. The van der Waals surface area contributed by atoms with Crippen LogP contribution in [0.2, 0.25) is 10.0 Å². The summed E-state index contributed by atoms with van der Waals surface area (Å²) in [7, 11) is 0. The fourth-order valence-electron chi connectivity index (χ4n) is 5.05. The van der Waals surface area contributed by atoms with Crippen LogP contribution in [0.4, 0.5) is 8.78 Å². The number of amides is 2. The van der Waals surface area contributed by atoms with E-state index < -0.39 is 36.1 Å². The van der Waals surface area contributed by atoms with Crippen molar-refractivity contribution in [2.45, 2.75) is 51.4 Å². The highest BCUT2D eigenvalue weighted by Gasteiger charge is 2.43. The van der Waals surface area contributed by atoms with E-state index in [9.17, 15) is 28.3 Å². The summed E-state index contributed by atoms with van der Waals surface area (Å²) in [5, 5.41) is 15.1. The number of carbonyl (C=O) groups is 3. The first-order valence-corrected chi connectivity index (χ1v) is 12.9. The smallest absolute Gasteiger partial charge is 0.330 e. The van der Waals surface area contributed by atoms with Crippen molar-refractivity contribution < 1.29 is 28.3 Å². The van der Waals surface area contributed by atoms with Crippen molar-refractivity contribution in [1.29, 1.82) is 0 Å². The van der Waals surface area contributed by atoms with Crippen LogP contribution < -0.4 is 0 Å². The summed E-state index contributed by atoms with van der Waals surface area (Å²) in [6, 6.07) is 5.08. The predicted octanol–water partition coefficient (Wildman–Crippen LogP) is 4.95. The van der Waals surface area contributed by atoms with Crippen LogP contribution in [0.1, 0.15) is 75.7 Å². The molecule has 1 unspecified atom stereocenters. The maximum Gasteiger partial charge on any atom is 0.330 e. The minimum Gasteiger partial charge on any atom is -0.480 e. The van der Waals surface area contributed by atoms with Crippen molar-refractivity contribution in [1.82, 2.24) is 24.6 Å². The number of carboxylic acids is 1. The van der Waals surface area contributed by atoms with E-state index in [1.807, 2.05) is 6.92 Å². The Labute approximate surface area is 231 Å². The number of alkyl halides is 2. The van der Waals surface area contributed by atoms with Gasteiger partial charge in [-0.25, -0.2) is 18.3 Å². The number of carbonyl (C=O) groups excluding carboxylic acids is 2. The van der Waals surface area contributed by atoms with Crippen LogP contribution >= 0.6 is 23.2 Å². The van der Waals surface area contributed by atoms with Crippen molar-refractivity contribution in [2.75, 3.05) is 6.54 Å². The minimum absolute atomic E-state index is 0.0376. The molecule has 2 aromatic heterocycles. The number of hydrogen-bond acceptors (Lipinski definition) is 5. The maximum absolute atomic E-state index is 13.8. The van der Waals surface area contributed by atoms with Gasteiger partial charge in [-0.1, -0.05) is 29.3 Å². The van der Waals surface area contributed by atoms with Gasteiger partial charge >= 0.3 is 5.97 Å². The predicted molar refractivity (Wildman–Crippen MR) is 137 cm³/mol. The second-order valence-electron chi connectivity index (χ2n) is 9.64. The molecule has 0 aliphatic carbocycles. The molecule has 0 bridgehead atoms. The molecule has 2 amide bonds. The van der Waals surface area contributed by atoms with Gasteiger partial charge in [0.05, 0.1) is 34.9 Å². The molecule has 0 spiro atoms. The van der Waals surface area contributed by atoms with Gasteiger partial charge < -0.3 is 14.9 Å². The van der Waals surface area contributed by atoms with E-state index in [0.717, 1.165) is 0 Å². The third-order valence-electron chi connectivity index (χ3n) is 7.26. The molecule has 5 rings (SSSR count). The number of nitrogens with zero attached hydrogens (tertiary/aromatic N) is 5. The lowest BCUT2D eigenvalue weighted by molar-refractivity contribution is -0.142. The third kappa shape index (κ3) is 4.74. The zero-order valence-corrected chi connectivity index (χ0v) is 22.3. The number of halogens is 4. The Balaban J connectivity index is 1.50. The van der Waals surface area contributed by atoms with Crippen LogP contribution in [0.3, 0.4) is 0 Å². The van der Waals surface area contributed by atoms with E-state index in [4.69, 9.17) is 23.2 Å². The first-order valence-electron chi connectivity index (χ1n) is 12.1. The van der Waals surface area contributed by atoms with Gasteiger partial charge in [-0.2, -0.15) is 5.10 Å². The van der Waals surface area contributed by atoms with Crippen LogP contribution in [-0.2, 0) is 17.8 Å². The van der Waals surface area contributed by atoms with Crippen molar-refractivity contribution in [2.24, 2.45) is 0 Å². The van der Waals surface area contributed by atoms with Gasteiger partial charge in [0.15, 0.2) is 6.04 Å². The van der Waals surface area contributed by atoms with Crippen LogP contribution in [0, 0.1) is 0 Å².